The second kappa shape index (κ2) is 4.76. The third kappa shape index (κ3) is 2.11. The van der Waals surface area contributed by atoms with Crippen molar-refractivity contribution >= 4 is 39.1 Å². The zero-order chi connectivity index (χ0) is 11.7. The number of hydrogen-bond acceptors (Lipinski definition) is 1. The second-order valence-electron chi connectivity index (χ2n) is 4.00. The van der Waals surface area contributed by atoms with Gasteiger partial charge in [-0.2, -0.15) is 0 Å². The molecule has 2 nitrogen and oxygen atoms in total. The van der Waals surface area contributed by atoms with Crippen LogP contribution < -0.4 is 4.90 Å². The van der Waals surface area contributed by atoms with E-state index in [-0.39, 0.29) is 10.7 Å². The van der Waals surface area contributed by atoms with Gasteiger partial charge < -0.3 is 4.90 Å². The number of nitrogens with zero attached hydrogens (tertiary/aromatic N) is 1. The van der Waals surface area contributed by atoms with E-state index in [4.69, 9.17) is 11.6 Å². The number of rotatable bonds is 1. The number of carbonyl (C=O) groups excluding carboxylic acids is 1. The molecule has 0 radical (unpaired) electrons. The number of aryl methyl sites for hydroxylation is 1. The average molecular weight is 303 g/mol. The number of amides is 1. The molecule has 1 aliphatic rings. The van der Waals surface area contributed by atoms with E-state index >= 15 is 0 Å². The van der Waals surface area contributed by atoms with Crippen LogP contribution in [0.25, 0.3) is 0 Å². The number of hydrogen-bond donors (Lipinski definition) is 0. The Morgan fingerprint density at radius 2 is 2.25 bits per heavy atom. The first kappa shape index (κ1) is 11.9. The first-order valence-corrected chi connectivity index (χ1v) is 6.61. The molecule has 1 aliphatic heterocycles. The highest BCUT2D eigenvalue weighted by molar-refractivity contribution is 9.10. The van der Waals surface area contributed by atoms with Crippen LogP contribution in [0.2, 0.25) is 5.02 Å². The zero-order valence-corrected chi connectivity index (χ0v) is 11.4. The molecule has 0 aliphatic carbocycles. The quantitative estimate of drug-likeness (QED) is 0.727. The Bertz CT molecular complexity index is 401. The molecule has 1 heterocycles. The minimum Gasteiger partial charge on any atom is -0.310 e. The third-order valence-corrected chi connectivity index (χ3v) is 3.99. The van der Waals surface area contributed by atoms with Crippen LogP contribution in [-0.4, -0.2) is 17.3 Å². The lowest BCUT2D eigenvalue weighted by Crippen LogP contribution is -2.42. The largest absolute Gasteiger partial charge is 0.310 e. The van der Waals surface area contributed by atoms with Gasteiger partial charge in [0.2, 0.25) is 5.91 Å². The van der Waals surface area contributed by atoms with Crippen molar-refractivity contribution in [3.63, 3.8) is 0 Å². The van der Waals surface area contributed by atoms with Crippen molar-refractivity contribution in [2.75, 3.05) is 11.4 Å². The lowest BCUT2D eigenvalue weighted by atomic mass is 10.1. The number of carbonyl (C=O) groups is 1. The third-order valence-electron chi connectivity index (χ3n) is 2.83. The summed E-state index contributed by atoms with van der Waals surface area (Å²) in [5.41, 5.74) is 1.90. The fourth-order valence-electron chi connectivity index (χ4n) is 2.02. The minimum atomic E-state index is -0.0723. The number of alkyl halides is 1. The highest BCUT2D eigenvalue weighted by Crippen LogP contribution is 2.33. The monoisotopic (exact) mass is 301 g/mol. The Morgan fingerprint density at radius 1 is 1.50 bits per heavy atom. The molecule has 0 bridgehead atoms. The van der Waals surface area contributed by atoms with Crippen LogP contribution in [0.1, 0.15) is 18.4 Å². The average Bonchev–Trinajstić information content (AvgIpc) is 2.24. The van der Waals surface area contributed by atoms with Gasteiger partial charge >= 0.3 is 0 Å². The van der Waals surface area contributed by atoms with Gasteiger partial charge in [0, 0.05) is 6.54 Å². The number of halogens is 2. The molecule has 1 aromatic rings. The van der Waals surface area contributed by atoms with Gasteiger partial charge in [0.05, 0.1) is 15.5 Å². The minimum absolute atomic E-state index is 0.0723. The molecular weight excluding hydrogens is 289 g/mol. The van der Waals surface area contributed by atoms with E-state index in [1.165, 1.54) is 0 Å². The van der Waals surface area contributed by atoms with Crippen LogP contribution in [0.15, 0.2) is 18.2 Å². The van der Waals surface area contributed by atoms with Crippen LogP contribution in [0.3, 0.4) is 0 Å². The first-order valence-electron chi connectivity index (χ1n) is 5.32. The molecule has 16 heavy (non-hydrogen) atoms. The van der Waals surface area contributed by atoms with Crippen molar-refractivity contribution in [2.45, 2.75) is 24.6 Å². The van der Waals surface area contributed by atoms with Crippen molar-refractivity contribution in [3.8, 4) is 0 Å². The Kier molecular flexibility index (Phi) is 3.55. The van der Waals surface area contributed by atoms with Gasteiger partial charge in [-0.15, -0.1) is 0 Å². The standard InChI is InChI=1S/C12H13BrClNO/c1-8-4-2-6-10(14)11(8)15-7-3-5-9(13)12(15)16/h2,4,6,9H,3,5,7H2,1H3. The molecule has 1 unspecified atom stereocenters. The highest BCUT2D eigenvalue weighted by atomic mass is 79.9. The lowest BCUT2D eigenvalue weighted by Gasteiger charge is -2.31. The van der Waals surface area contributed by atoms with Crippen molar-refractivity contribution in [2.24, 2.45) is 0 Å². The summed E-state index contributed by atoms with van der Waals surface area (Å²) in [6, 6.07) is 5.71. The molecule has 1 saturated heterocycles. The number of para-hydroxylation sites is 1. The van der Waals surface area contributed by atoms with Crippen LogP contribution in [0.4, 0.5) is 5.69 Å². The SMILES string of the molecule is Cc1cccc(Cl)c1N1CCCC(Br)C1=O. The van der Waals surface area contributed by atoms with E-state index in [0.29, 0.717) is 5.02 Å². The summed E-state index contributed by atoms with van der Waals surface area (Å²) in [6.45, 7) is 2.73. The van der Waals surface area contributed by atoms with Gasteiger partial charge in [-0.1, -0.05) is 39.7 Å². The molecule has 4 heteroatoms. The number of benzene rings is 1. The molecule has 1 aromatic carbocycles. The molecule has 1 amide bonds. The van der Waals surface area contributed by atoms with Crippen molar-refractivity contribution in [1.82, 2.24) is 0 Å². The predicted octanol–water partition coefficient (Wildman–Crippen LogP) is 3.54. The van der Waals surface area contributed by atoms with E-state index in [2.05, 4.69) is 15.9 Å². The van der Waals surface area contributed by atoms with E-state index in [0.717, 1.165) is 30.6 Å². The molecule has 0 spiro atoms. The topological polar surface area (TPSA) is 20.3 Å². The van der Waals surface area contributed by atoms with E-state index in [1.54, 1.807) is 4.90 Å². The number of piperidine rings is 1. The predicted molar refractivity (Wildman–Crippen MR) is 70.5 cm³/mol. The van der Waals surface area contributed by atoms with Crippen LogP contribution in [0.5, 0.6) is 0 Å². The van der Waals surface area contributed by atoms with Crippen molar-refractivity contribution in [3.05, 3.63) is 28.8 Å². The molecule has 0 N–H and O–H groups in total. The summed E-state index contributed by atoms with van der Waals surface area (Å²) in [4.78, 5) is 13.8. The van der Waals surface area contributed by atoms with E-state index in [9.17, 15) is 4.79 Å². The fourth-order valence-corrected chi connectivity index (χ4v) is 2.91. The normalized spacial score (nSPS) is 21.3. The summed E-state index contributed by atoms with van der Waals surface area (Å²) in [5.74, 6) is 0.113. The molecule has 0 saturated carbocycles. The molecule has 1 atom stereocenters. The van der Waals surface area contributed by atoms with Gasteiger partial charge in [-0.05, 0) is 31.4 Å². The molecule has 86 valence electrons. The second-order valence-corrected chi connectivity index (χ2v) is 5.52. The van der Waals surface area contributed by atoms with Crippen LogP contribution >= 0.6 is 27.5 Å². The van der Waals surface area contributed by atoms with Gasteiger partial charge in [0.15, 0.2) is 0 Å². The van der Waals surface area contributed by atoms with Gasteiger partial charge in [0.25, 0.3) is 0 Å². The summed E-state index contributed by atoms with van der Waals surface area (Å²) >= 11 is 9.57. The van der Waals surface area contributed by atoms with Crippen molar-refractivity contribution < 1.29 is 4.79 Å². The number of anilines is 1. The maximum Gasteiger partial charge on any atom is 0.240 e. The Morgan fingerprint density at radius 3 is 2.94 bits per heavy atom. The summed E-state index contributed by atoms with van der Waals surface area (Å²) in [7, 11) is 0. The summed E-state index contributed by atoms with van der Waals surface area (Å²) in [5, 5.41) is 0.648. The zero-order valence-electron chi connectivity index (χ0n) is 9.04. The summed E-state index contributed by atoms with van der Waals surface area (Å²) < 4.78 is 0. The Balaban J connectivity index is 2.40. The molecular formula is C12H13BrClNO. The van der Waals surface area contributed by atoms with Gasteiger partial charge in [-0.25, -0.2) is 0 Å². The Hall–Kier alpha value is -0.540. The smallest absolute Gasteiger partial charge is 0.240 e. The first-order chi connectivity index (χ1) is 7.61. The fraction of sp³-hybridized carbons (Fsp3) is 0.417. The summed E-state index contributed by atoms with van der Waals surface area (Å²) in [6.07, 6.45) is 1.91. The molecule has 2 rings (SSSR count). The maximum absolute atomic E-state index is 12.1. The highest BCUT2D eigenvalue weighted by Gasteiger charge is 2.29. The van der Waals surface area contributed by atoms with Gasteiger partial charge in [0.1, 0.15) is 0 Å². The van der Waals surface area contributed by atoms with Gasteiger partial charge in [-0.3, -0.25) is 4.79 Å². The van der Waals surface area contributed by atoms with E-state index in [1.807, 2.05) is 25.1 Å². The Labute approximate surface area is 109 Å². The lowest BCUT2D eigenvalue weighted by molar-refractivity contribution is -0.118. The molecule has 0 aromatic heterocycles. The van der Waals surface area contributed by atoms with Crippen LogP contribution in [0, 0.1) is 6.92 Å². The molecule has 1 fully saturated rings. The van der Waals surface area contributed by atoms with Crippen LogP contribution in [-0.2, 0) is 4.79 Å². The maximum atomic E-state index is 12.1. The van der Waals surface area contributed by atoms with Crippen molar-refractivity contribution in [1.29, 1.82) is 0 Å². The van der Waals surface area contributed by atoms with E-state index < -0.39 is 0 Å².